The van der Waals surface area contributed by atoms with Gasteiger partial charge in [-0.05, 0) is 57.2 Å². The molecule has 0 aliphatic carbocycles. The Balaban J connectivity index is 1.69. The van der Waals surface area contributed by atoms with Crippen molar-refractivity contribution in [2.45, 2.75) is 26.9 Å². The second-order valence-electron chi connectivity index (χ2n) is 5.30. The zero-order valence-corrected chi connectivity index (χ0v) is 13.9. The van der Waals surface area contributed by atoms with E-state index in [4.69, 9.17) is 13.9 Å². The Morgan fingerprint density at radius 1 is 1.04 bits per heavy atom. The number of hydrogen-bond donors (Lipinski definition) is 0. The first-order valence-electron chi connectivity index (χ1n) is 7.81. The van der Waals surface area contributed by atoms with Crippen molar-refractivity contribution in [1.82, 2.24) is 15.2 Å². The summed E-state index contributed by atoms with van der Waals surface area (Å²) in [5.41, 5.74) is 1.72. The average molecular weight is 325 g/mol. The lowest BCUT2D eigenvalue weighted by atomic mass is 10.2. The van der Waals surface area contributed by atoms with E-state index in [0.29, 0.717) is 24.1 Å². The Hall–Kier alpha value is -2.89. The zero-order valence-electron chi connectivity index (χ0n) is 13.9. The number of benzene rings is 1. The van der Waals surface area contributed by atoms with E-state index in [0.717, 1.165) is 17.0 Å². The minimum atomic E-state index is -0.359. The summed E-state index contributed by atoms with van der Waals surface area (Å²) in [7, 11) is 0. The Morgan fingerprint density at radius 3 is 2.46 bits per heavy atom. The molecule has 0 radical (unpaired) electrons. The van der Waals surface area contributed by atoms with E-state index in [1.165, 1.54) is 0 Å². The SMILES string of the molecule is CCOc1ccc(OC(C)c2nnc(-c3ccc(C)nc3)o2)cc1. The van der Waals surface area contributed by atoms with Gasteiger partial charge in [-0.3, -0.25) is 4.98 Å². The van der Waals surface area contributed by atoms with Gasteiger partial charge in [-0.2, -0.15) is 0 Å². The normalized spacial score (nSPS) is 12.0. The molecule has 0 saturated carbocycles. The van der Waals surface area contributed by atoms with Crippen LogP contribution in [0.1, 0.15) is 31.5 Å². The van der Waals surface area contributed by atoms with Crippen LogP contribution in [-0.2, 0) is 0 Å². The topological polar surface area (TPSA) is 70.3 Å². The monoisotopic (exact) mass is 325 g/mol. The summed E-state index contributed by atoms with van der Waals surface area (Å²) in [6.45, 7) is 6.37. The average Bonchev–Trinajstić information content (AvgIpc) is 3.08. The number of rotatable bonds is 6. The van der Waals surface area contributed by atoms with Gasteiger partial charge in [0.1, 0.15) is 11.5 Å². The molecule has 1 unspecified atom stereocenters. The van der Waals surface area contributed by atoms with E-state index in [1.807, 2.05) is 57.2 Å². The summed E-state index contributed by atoms with van der Waals surface area (Å²) in [6.07, 6.45) is 1.35. The molecule has 0 saturated heterocycles. The van der Waals surface area contributed by atoms with Crippen molar-refractivity contribution < 1.29 is 13.9 Å². The van der Waals surface area contributed by atoms with Crippen molar-refractivity contribution in [3.8, 4) is 23.0 Å². The van der Waals surface area contributed by atoms with E-state index < -0.39 is 0 Å². The van der Waals surface area contributed by atoms with Crippen LogP contribution in [0.4, 0.5) is 0 Å². The fraction of sp³-hybridized carbons (Fsp3) is 0.278. The van der Waals surface area contributed by atoms with E-state index in [1.54, 1.807) is 6.20 Å². The zero-order chi connectivity index (χ0) is 16.9. The lowest BCUT2D eigenvalue weighted by molar-refractivity contribution is 0.189. The maximum atomic E-state index is 5.83. The molecule has 0 bridgehead atoms. The fourth-order valence-corrected chi connectivity index (χ4v) is 2.15. The highest BCUT2D eigenvalue weighted by atomic mass is 16.5. The first kappa shape index (κ1) is 16.0. The number of nitrogens with zero attached hydrogens (tertiary/aromatic N) is 3. The van der Waals surface area contributed by atoms with E-state index in [-0.39, 0.29) is 6.10 Å². The van der Waals surface area contributed by atoms with Gasteiger partial charge in [0.05, 0.1) is 12.2 Å². The summed E-state index contributed by atoms with van der Waals surface area (Å²) in [6, 6.07) is 11.2. The van der Waals surface area contributed by atoms with Gasteiger partial charge in [0.25, 0.3) is 5.89 Å². The smallest absolute Gasteiger partial charge is 0.257 e. The molecule has 3 rings (SSSR count). The van der Waals surface area contributed by atoms with Crippen LogP contribution in [0.15, 0.2) is 47.0 Å². The van der Waals surface area contributed by atoms with Crippen LogP contribution in [-0.4, -0.2) is 21.8 Å². The van der Waals surface area contributed by atoms with Gasteiger partial charge < -0.3 is 13.9 Å². The van der Waals surface area contributed by atoms with Crippen LogP contribution in [0, 0.1) is 6.92 Å². The maximum absolute atomic E-state index is 5.83. The molecule has 0 amide bonds. The third-order valence-corrected chi connectivity index (χ3v) is 3.39. The molecule has 24 heavy (non-hydrogen) atoms. The summed E-state index contributed by atoms with van der Waals surface area (Å²) in [5.74, 6) is 2.37. The highest BCUT2D eigenvalue weighted by Gasteiger charge is 2.16. The van der Waals surface area contributed by atoms with Crippen LogP contribution < -0.4 is 9.47 Å². The Bertz CT molecular complexity index is 782. The molecule has 0 fully saturated rings. The predicted octanol–water partition coefficient (Wildman–Crippen LogP) is 3.98. The quantitative estimate of drug-likeness (QED) is 0.683. The third kappa shape index (κ3) is 3.71. The molecule has 2 aromatic heterocycles. The van der Waals surface area contributed by atoms with Crippen LogP contribution >= 0.6 is 0 Å². The third-order valence-electron chi connectivity index (χ3n) is 3.39. The van der Waals surface area contributed by atoms with Crippen LogP contribution in [0.25, 0.3) is 11.5 Å². The molecule has 6 nitrogen and oxygen atoms in total. The van der Waals surface area contributed by atoms with Gasteiger partial charge in [-0.1, -0.05) is 0 Å². The standard InChI is InChI=1S/C18H19N3O3/c1-4-22-15-7-9-16(10-8-15)23-13(3)17-20-21-18(24-17)14-6-5-12(2)19-11-14/h5-11,13H,4H2,1-3H3. The van der Waals surface area contributed by atoms with Crippen molar-refractivity contribution in [3.05, 3.63) is 54.2 Å². The van der Waals surface area contributed by atoms with Crippen molar-refractivity contribution in [1.29, 1.82) is 0 Å². The predicted molar refractivity (Wildman–Crippen MR) is 88.9 cm³/mol. The number of aromatic nitrogens is 3. The number of ether oxygens (including phenoxy) is 2. The van der Waals surface area contributed by atoms with Gasteiger partial charge in [0.2, 0.25) is 5.89 Å². The molecule has 124 valence electrons. The molecule has 1 atom stereocenters. The molecule has 1 aromatic carbocycles. The van der Waals surface area contributed by atoms with Crippen molar-refractivity contribution in [2.75, 3.05) is 6.61 Å². The number of pyridine rings is 1. The molecule has 0 spiro atoms. The Labute approximate surface area is 140 Å². The van der Waals surface area contributed by atoms with Crippen molar-refractivity contribution in [2.24, 2.45) is 0 Å². The highest BCUT2D eigenvalue weighted by molar-refractivity contribution is 5.50. The molecule has 3 aromatic rings. The molecule has 0 N–H and O–H groups in total. The summed E-state index contributed by atoms with van der Waals surface area (Å²) in [5, 5.41) is 8.12. The summed E-state index contributed by atoms with van der Waals surface area (Å²) in [4.78, 5) is 4.23. The molecule has 0 aliphatic heterocycles. The second-order valence-corrected chi connectivity index (χ2v) is 5.30. The molecular formula is C18H19N3O3. The van der Waals surface area contributed by atoms with Crippen LogP contribution in [0.5, 0.6) is 11.5 Å². The number of hydrogen-bond acceptors (Lipinski definition) is 6. The van der Waals surface area contributed by atoms with Gasteiger partial charge in [-0.25, -0.2) is 0 Å². The Morgan fingerprint density at radius 2 is 1.79 bits per heavy atom. The summed E-state index contributed by atoms with van der Waals surface area (Å²) < 4.78 is 16.9. The van der Waals surface area contributed by atoms with Gasteiger partial charge in [0, 0.05) is 11.9 Å². The fourth-order valence-electron chi connectivity index (χ4n) is 2.15. The minimum Gasteiger partial charge on any atom is -0.494 e. The molecule has 0 aliphatic rings. The van der Waals surface area contributed by atoms with E-state index in [2.05, 4.69) is 15.2 Å². The molecule has 2 heterocycles. The van der Waals surface area contributed by atoms with Crippen LogP contribution in [0.3, 0.4) is 0 Å². The van der Waals surface area contributed by atoms with Crippen molar-refractivity contribution in [3.63, 3.8) is 0 Å². The van der Waals surface area contributed by atoms with Crippen LogP contribution in [0.2, 0.25) is 0 Å². The van der Waals surface area contributed by atoms with Gasteiger partial charge >= 0.3 is 0 Å². The molecule has 6 heteroatoms. The van der Waals surface area contributed by atoms with E-state index in [9.17, 15) is 0 Å². The maximum Gasteiger partial charge on any atom is 0.257 e. The second kappa shape index (κ2) is 7.12. The first-order valence-corrected chi connectivity index (χ1v) is 7.81. The van der Waals surface area contributed by atoms with Gasteiger partial charge in [0.15, 0.2) is 6.10 Å². The van der Waals surface area contributed by atoms with Crippen molar-refractivity contribution >= 4 is 0 Å². The minimum absolute atomic E-state index is 0.359. The number of aryl methyl sites for hydroxylation is 1. The lowest BCUT2D eigenvalue weighted by Gasteiger charge is -2.11. The van der Waals surface area contributed by atoms with E-state index >= 15 is 0 Å². The van der Waals surface area contributed by atoms with Gasteiger partial charge in [-0.15, -0.1) is 10.2 Å². The largest absolute Gasteiger partial charge is 0.494 e. The lowest BCUT2D eigenvalue weighted by Crippen LogP contribution is -2.03. The highest BCUT2D eigenvalue weighted by Crippen LogP contribution is 2.25. The summed E-state index contributed by atoms with van der Waals surface area (Å²) >= 11 is 0. The molecular weight excluding hydrogens is 306 g/mol. The first-order chi connectivity index (χ1) is 11.7. The Kier molecular flexibility index (Phi) is 4.74.